The maximum atomic E-state index is 4.54. The number of fused-ring (bicyclic) bond motifs is 9. The van der Waals surface area contributed by atoms with Crippen LogP contribution >= 0.6 is 0 Å². The average Bonchev–Trinajstić information content (AvgIpc) is 2.84. The molecule has 0 aromatic rings. The fraction of sp³-hybridized carbons (Fsp3) is 1.00. The Hall–Kier alpha value is -0.400. The highest BCUT2D eigenvalue weighted by atomic mass is 15.2. The van der Waals surface area contributed by atoms with Crippen LogP contribution in [0.3, 0.4) is 0 Å². The van der Waals surface area contributed by atoms with Gasteiger partial charge in [-0.25, -0.2) is 0 Å². The van der Waals surface area contributed by atoms with E-state index in [4.69, 9.17) is 0 Å². The Bertz CT molecular complexity index is 292. The van der Waals surface area contributed by atoms with Gasteiger partial charge in [-0.1, -0.05) is 13.8 Å². The van der Waals surface area contributed by atoms with Crippen LogP contribution in [0.5, 0.6) is 0 Å². The van der Waals surface area contributed by atoms with Crippen LogP contribution in [0.1, 0.15) is 33.1 Å². The topological polar surface area (TPSA) is 24.7 Å². The van der Waals surface area contributed by atoms with Gasteiger partial charge in [-0.05, 0) is 42.9 Å². The third kappa shape index (κ3) is 0.627. The molecule has 4 bridgehead atoms. The molecular weight excluding hydrogens is 172 g/mol. The lowest BCUT2D eigenvalue weighted by Gasteiger charge is -2.29. The van der Waals surface area contributed by atoms with Crippen LogP contribution in [0, 0.1) is 29.1 Å². The summed E-state index contributed by atoms with van der Waals surface area (Å²) < 4.78 is 0. The smallest absolute Gasteiger partial charge is 0.0814 e. The quantitative estimate of drug-likeness (QED) is 0.525. The van der Waals surface area contributed by atoms with Crippen LogP contribution in [0.2, 0.25) is 0 Å². The van der Waals surface area contributed by atoms with Crippen molar-refractivity contribution >= 4 is 0 Å². The van der Waals surface area contributed by atoms with Gasteiger partial charge >= 0.3 is 0 Å². The molecule has 14 heavy (non-hydrogen) atoms. The molecule has 3 saturated carbocycles. The highest BCUT2D eigenvalue weighted by molar-refractivity contribution is 5.19. The average molecular weight is 190 g/mol. The molecular formula is C12H18N2. The van der Waals surface area contributed by atoms with Crippen molar-refractivity contribution in [2.75, 3.05) is 0 Å². The molecule has 76 valence electrons. The zero-order chi connectivity index (χ0) is 9.50. The first-order chi connectivity index (χ1) is 6.69. The lowest BCUT2D eigenvalue weighted by atomic mass is 9.79. The van der Waals surface area contributed by atoms with Crippen molar-refractivity contribution in [3.63, 3.8) is 0 Å². The number of hydrogen-bond donors (Lipinski definition) is 0. The normalized spacial score (nSPS) is 61.0. The van der Waals surface area contributed by atoms with Crippen LogP contribution in [-0.2, 0) is 0 Å². The number of hydrogen-bond acceptors (Lipinski definition) is 2. The summed E-state index contributed by atoms with van der Waals surface area (Å²) in [6.07, 6.45) is 4.48. The minimum Gasteiger partial charge on any atom is -0.190 e. The van der Waals surface area contributed by atoms with Gasteiger partial charge in [-0.2, -0.15) is 10.2 Å². The molecule has 3 fully saturated rings. The number of nitrogens with zero attached hydrogens (tertiary/aromatic N) is 2. The molecule has 1 aliphatic heterocycles. The Kier molecular flexibility index (Phi) is 1.16. The van der Waals surface area contributed by atoms with E-state index < -0.39 is 0 Å². The van der Waals surface area contributed by atoms with Gasteiger partial charge in [0, 0.05) is 5.41 Å². The minimum atomic E-state index is 0.386. The van der Waals surface area contributed by atoms with E-state index >= 15 is 0 Å². The van der Waals surface area contributed by atoms with Gasteiger partial charge in [0.15, 0.2) is 0 Å². The Morgan fingerprint density at radius 2 is 1.43 bits per heavy atom. The highest BCUT2D eigenvalue weighted by Crippen LogP contribution is 2.66. The molecule has 3 aliphatic carbocycles. The van der Waals surface area contributed by atoms with E-state index in [9.17, 15) is 0 Å². The molecule has 6 atom stereocenters. The Morgan fingerprint density at radius 3 is 1.93 bits per heavy atom. The second-order valence-corrected chi connectivity index (χ2v) is 6.43. The third-order valence-electron chi connectivity index (χ3n) is 5.62. The summed E-state index contributed by atoms with van der Waals surface area (Å²) >= 11 is 0. The zero-order valence-corrected chi connectivity index (χ0v) is 8.98. The Labute approximate surface area is 85.2 Å². The SMILES string of the molecule is CC1(C)[C@@H]2N=N[C@H]1[C@@H]1C2C2CC[C@H]1C2. The second-order valence-electron chi connectivity index (χ2n) is 6.43. The maximum absolute atomic E-state index is 4.54. The Balaban J connectivity index is 1.83. The molecule has 0 amide bonds. The minimum absolute atomic E-state index is 0.386. The van der Waals surface area contributed by atoms with Gasteiger partial charge in [0.05, 0.1) is 12.1 Å². The monoisotopic (exact) mass is 190 g/mol. The van der Waals surface area contributed by atoms with Gasteiger partial charge < -0.3 is 0 Å². The van der Waals surface area contributed by atoms with Crippen LogP contribution in [0.15, 0.2) is 10.2 Å². The van der Waals surface area contributed by atoms with E-state index in [1.54, 1.807) is 0 Å². The molecule has 0 aromatic carbocycles. The van der Waals surface area contributed by atoms with Gasteiger partial charge in [0.1, 0.15) is 0 Å². The van der Waals surface area contributed by atoms with Crippen molar-refractivity contribution in [3.8, 4) is 0 Å². The molecule has 0 radical (unpaired) electrons. The Morgan fingerprint density at radius 1 is 0.929 bits per heavy atom. The summed E-state index contributed by atoms with van der Waals surface area (Å²) in [6, 6.07) is 1.15. The summed E-state index contributed by atoms with van der Waals surface area (Å²) in [6.45, 7) is 4.78. The summed E-state index contributed by atoms with van der Waals surface area (Å²) in [7, 11) is 0. The fourth-order valence-electron chi connectivity index (χ4n) is 5.08. The van der Waals surface area contributed by atoms with Crippen LogP contribution in [0.4, 0.5) is 0 Å². The summed E-state index contributed by atoms with van der Waals surface area (Å²) in [5.74, 6) is 3.87. The molecule has 2 unspecified atom stereocenters. The van der Waals surface area contributed by atoms with Crippen molar-refractivity contribution in [2.45, 2.75) is 45.2 Å². The van der Waals surface area contributed by atoms with Crippen LogP contribution in [-0.4, -0.2) is 12.1 Å². The number of azo groups is 1. The maximum Gasteiger partial charge on any atom is 0.0814 e. The van der Waals surface area contributed by atoms with E-state index in [1.807, 2.05) is 0 Å². The zero-order valence-electron chi connectivity index (χ0n) is 8.98. The van der Waals surface area contributed by atoms with Crippen molar-refractivity contribution in [1.82, 2.24) is 0 Å². The van der Waals surface area contributed by atoms with E-state index in [0.717, 1.165) is 23.7 Å². The highest BCUT2D eigenvalue weighted by Gasteiger charge is 2.67. The molecule has 2 nitrogen and oxygen atoms in total. The van der Waals surface area contributed by atoms with Crippen molar-refractivity contribution in [2.24, 2.45) is 39.3 Å². The fourth-order valence-corrected chi connectivity index (χ4v) is 5.08. The summed E-state index contributed by atoms with van der Waals surface area (Å²) in [5.41, 5.74) is 0.386. The standard InChI is InChI=1S/C12H18N2/c1-12(2)10-8-6-3-4-7(5-6)9(8)11(12)14-13-10/h6-11H,3-5H2,1-2H3/t6-,7?,8-,9?,10-,11+/m0/s1. The van der Waals surface area contributed by atoms with E-state index in [1.165, 1.54) is 19.3 Å². The third-order valence-corrected chi connectivity index (χ3v) is 5.62. The molecule has 0 aromatic heterocycles. The largest absolute Gasteiger partial charge is 0.190 e. The molecule has 4 aliphatic rings. The first-order valence-corrected chi connectivity index (χ1v) is 6.09. The molecule has 0 spiro atoms. The van der Waals surface area contributed by atoms with Gasteiger partial charge in [0.2, 0.25) is 0 Å². The summed E-state index contributed by atoms with van der Waals surface area (Å²) in [4.78, 5) is 0. The predicted octanol–water partition coefficient (Wildman–Crippen LogP) is 2.89. The van der Waals surface area contributed by atoms with E-state index in [-0.39, 0.29) is 0 Å². The molecule has 1 heterocycles. The molecule has 0 N–H and O–H groups in total. The van der Waals surface area contributed by atoms with E-state index in [2.05, 4.69) is 24.1 Å². The van der Waals surface area contributed by atoms with Gasteiger partial charge in [0.25, 0.3) is 0 Å². The first kappa shape index (κ1) is 7.84. The van der Waals surface area contributed by atoms with Crippen LogP contribution in [0.25, 0.3) is 0 Å². The summed E-state index contributed by atoms with van der Waals surface area (Å²) in [5, 5.41) is 9.09. The van der Waals surface area contributed by atoms with Crippen molar-refractivity contribution < 1.29 is 0 Å². The molecule has 4 rings (SSSR count). The molecule has 2 heteroatoms. The first-order valence-electron chi connectivity index (χ1n) is 6.09. The van der Waals surface area contributed by atoms with Crippen LogP contribution < -0.4 is 0 Å². The van der Waals surface area contributed by atoms with E-state index in [0.29, 0.717) is 17.5 Å². The number of rotatable bonds is 0. The lowest BCUT2D eigenvalue weighted by molar-refractivity contribution is 0.209. The lowest BCUT2D eigenvalue weighted by Crippen LogP contribution is -2.29. The van der Waals surface area contributed by atoms with Crippen molar-refractivity contribution in [3.05, 3.63) is 0 Å². The predicted molar refractivity (Wildman–Crippen MR) is 54.0 cm³/mol. The van der Waals surface area contributed by atoms with Crippen molar-refractivity contribution in [1.29, 1.82) is 0 Å². The molecule has 0 saturated heterocycles. The van der Waals surface area contributed by atoms with Gasteiger partial charge in [-0.15, -0.1) is 0 Å². The second kappa shape index (κ2) is 2.07. The van der Waals surface area contributed by atoms with Gasteiger partial charge in [-0.3, -0.25) is 0 Å².